The highest BCUT2D eigenvalue weighted by molar-refractivity contribution is 7.89. The number of benzene rings is 2. The monoisotopic (exact) mass is 429 g/mol. The fourth-order valence-corrected chi connectivity index (χ4v) is 3.61. The fraction of sp³-hybridized carbons (Fsp3) is 0.100. The van der Waals surface area contributed by atoms with E-state index in [2.05, 4.69) is 15.6 Å². The molecule has 0 saturated heterocycles. The fourth-order valence-electron chi connectivity index (χ4n) is 2.59. The average molecular weight is 429 g/mol. The molecule has 2 amide bonds. The third-order valence-electron chi connectivity index (χ3n) is 4.22. The molecule has 3 aromatic rings. The number of hydrogen-bond acceptors (Lipinski definition) is 6. The minimum Gasteiger partial charge on any atom is -0.507 e. The van der Waals surface area contributed by atoms with Gasteiger partial charge in [-0.2, -0.15) is 0 Å². The molecule has 0 saturated carbocycles. The van der Waals surface area contributed by atoms with Crippen molar-refractivity contribution < 1.29 is 27.5 Å². The Bertz CT molecular complexity index is 1170. The number of carbonyl (C=O) groups is 2. The summed E-state index contributed by atoms with van der Waals surface area (Å²) in [5.74, 6) is -1.23. The molecule has 1 aromatic heterocycles. The van der Waals surface area contributed by atoms with Crippen molar-refractivity contribution in [3.8, 4) is 5.75 Å². The Morgan fingerprint density at radius 3 is 2.33 bits per heavy atom. The molecule has 0 aliphatic rings. The van der Waals surface area contributed by atoms with E-state index in [4.69, 9.17) is 4.42 Å². The van der Waals surface area contributed by atoms with Crippen molar-refractivity contribution in [1.29, 1.82) is 0 Å². The number of rotatable bonds is 6. The van der Waals surface area contributed by atoms with Crippen molar-refractivity contribution in [2.24, 2.45) is 0 Å². The van der Waals surface area contributed by atoms with E-state index in [1.54, 1.807) is 31.2 Å². The number of hydrogen-bond donors (Lipinski definition) is 4. The summed E-state index contributed by atoms with van der Waals surface area (Å²) in [6.07, 6.45) is 1.43. The molecule has 0 aliphatic carbocycles. The van der Waals surface area contributed by atoms with Crippen LogP contribution in [-0.2, 0) is 16.6 Å². The van der Waals surface area contributed by atoms with Crippen molar-refractivity contribution in [3.05, 3.63) is 83.3 Å². The van der Waals surface area contributed by atoms with E-state index in [9.17, 15) is 23.1 Å². The summed E-state index contributed by atoms with van der Waals surface area (Å²) in [6.45, 7) is 1.59. The first-order chi connectivity index (χ1) is 14.3. The molecule has 0 spiro atoms. The van der Waals surface area contributed by atoms with Gasteiger partial charge in [-0.15, -0.1) is 0 Å². The third kappa shape index (κ3) is 4.85. The number of phenolic OH excluding ortho intramolecular Hbond substituents is 1. The van der Waals surface area contributed by atoms with Crippen LogP contribution in [0.4, 0.5) is 0 Å². The molecule has 0 radical (unpaired) electrons. The van der Waals surface area contributed by atoms with Crippen LogP contribution in [-0.4, -0.2) is 25.3 Å². The van der Waals surface area contributed by atoms with Crippen molar-refractivity contribution in [2.45, 2.75) is 18.4 Å². The van der Waals surface area contributed by atoms with Gasteiger partial charge in [0.25, 0.3) is 11.8 Å². The first kappa shape index (κ1) is 21.1. The molecule has 1 heterocycles. The molecule has 4 N–H and O–H groups in total. The number of aryl methyl sites for hydroxylation is 1. The maximum absolute atomic E-state index is 12.5. The highest BCUT2D eigenvalue weighted by Gasteiger charge is 2.19. The molecule has 30 heavy (non-hydrogen) atoms. The predicted octanol–water partition coefficient (Wildman–Crippen LogP) is 1.85. The van der Waals surface area contributed by atoms with E-state index in [0.717, 1.165) is 0 Å². The van der Waals surface area contributed by atoms with Gasteiger partial charge < -0.3 is 9.52 Å². The number of hydrazine groups is 1. The normalized spacial score (nSPS) is 11.1. The van der Waals surface area contributed by atoms with E-state index in [1.165, 1.54) is 36.6 Å². The zero-order valence-electron chi connectivity index (χ0n) is 15.9. The molecule has 0 aliphatic heterocycles. The second kappa shape index (κ2) is 8.80. The number of amides is 2. The zero-order valence-corrected chi connectivity index (χ0v) is 16.7. The highest BCUT2D eigenvalue weighted by Crippen LogP contribution is 2.17. The third-order valence-corrected chi connectivity index (χ3v) is 5.62. The number of nitrogens with one attached hydrogen (secondary N) is 3. The van der Waals surface area contributed by atoms with Gasteiger partial charge in [0.05, 0.1) is 23.3 Å². The van der Waals surface area contributed by atoms with E-state index in [-0.39, 0.29) is 28.3 Å². The predicted molar refractivity (Wildman–Crippen MR) is 107 cm³/mol. The Balaban J connectivity index is 1.71. The molecular weight excluding hydrogens is 410 g/mol. The van der Waals surface area contributed by atoms with Gasteiger partial charge in [-0.25, -0.2) is 13.1 Å². The number of furan rings is 1. The van der Waals surface area contributed by atoms with E-state index in [0.29, 0.717) is 11.3 Å². The van der Waals surface area contributed by atoms with Crippen LogP contribution in [0, 0.1) is 6.92 Å². The molecular formula is C20H19N3O6S. The molecule has 0 bridgehead atoms. The number of sulfonamides is 1. The Hall–Kier alpha value is -3.63. The van der Waals surface area contributed by atoms with Crippen LogP contribution in [0.15, 0.2) is 70.2 Å². The molecule has 9 nitrogen and oxygen atoms in total. The number of aromatic hydroxyl groups is 1. The molecule has 0 atom stereocenters. The van der Waals surface area contributed by atoms with E-state index in [1.807, 2.05) is 0 Å². The smallest absolute Gasteiger partial charge is 0.273 e. The van der Waals surface area contributed by atoms with Gasteiger partial charge in [-0.3, -0.25) is 20.4 Å². The summed E-state index contributed by atoms with van der Waals surface area (Å²) in [7, 11) is -3.90. The van der Waals surface area contributed by atoms with Crippen LogP contribution >= 0.6 is 0 Å². The van der Waals surface area contributed by atoms with Crippen LogP contribution in [0.2, 0.25) is 0 Å². The SMILES string of the molecule is Cc1ccc(S(=O)(=O)NCc2ccco2)cc1C(=O)NNC(=O)c1ccccc1O. The summed E-state index contributed by atoms with van der Waals surface area (Å²) >= 11 is 0. The van der Waals surface area contributed by atoms with Crippen molar-refractivity contribution in [3.63, 3.8) is 0 Å². The maximum Gasteiger partial charge on any atom is 0.273 e. The Morgan fingerprint density at radius 1 is 0.967 bits per heavy atom. The first-order valence-corrected chi connectivity index (χ1v) is 10.3. The number of para-hydroxylation sites is 1. The van der Waals surface area contributed by atoms with Crippen LogP contribution in [0.5, 0.6) is 5.75 Å². The number of phenols is 1. The maximum atomic E-state index is 12.5. The van der Waals surface area contributed by atoms with Crippen LogP contribution < -0.4 is 15.6 Å². The highest BCUT2D eigenvalue weighted by atomic mass is 32.2. The Kier molecular flexibility index (Phi) is 6.19. The molecule has 156 valence electrons. The van der Waals surface area contributed by atoms with Crippen molar-refractivity contribution >= 4 is 21.8 Å². The van der Waals surface area contributed by atoms with Gasteiger partial charge in [0.1, 0.15) is 11.5 Å². The summed E-state index contributed by atoms with van der Waals surface area (Å²) in [5.41, 5.74) is 4.96. The minimum absolute atomic E-state index is 0.0204. The molecule has 2 aromatic carbocycles. The standard InChI is InChI=1S/C20H19N3O6S/c1-13-8-9-15(30(27,28)21-12-14-5-4-10-29-14)11-17(13)20(26)23-22-19(25)16-6-2-3-7-18(16)24/h2-11,21,24H,12H2,1H3,(H,22,25)(H,23,26). The quantitative estimate of drug-likeness (QED) is 0.441. The topological polar surface area (TPSA) is 138 Å². The Morgan fingerprint density at radius 2 is 1.67 bits per heavy atom. The minimum atomic E-state index is -3.90. The van der Waals surface area contributed by atoms with Crippen molar-refractivity contribution in [2.75, 3.05) is 0 Å². The lowest BCUT2D eigenvalue weighted by Crippen LogP contribution is -2.42. The van der Waals surface area contributed by atoms with E-state index < -0.39 is 21.8 Å². The molecule has 0 fully saturated rings. The second-order valence-corrected chi connectivity index (χ2v) is 8.07. The average Bonchev–Trinajstić information content (AvgIpc) is 3.24. The lowest BCUT2D eigenvalue weighted by molar-refractivity contribution is 0.0844. The largest absolute Gasteiger partial charge is 0.507 e. The van der Waals surface area contributed by atoms with Gasteiger partial charge in [0, 0.05) is 5.56 Å². The summed E-state index contributed by atoms with van der Waals surface area (Å²) in [4.78, 5) is 24.5. The van der Waals surface area contributed by atoms with Gasteiger partial charge in [-0.1, -0.05) is 18.2 Å². The lowest BCUT2D eigenvalue weighted by atomic mass is 10.1. The first-order valence-electron chi connectivity index (χ1n) is 8.79. The molecule has 3 rings (SSSR count). The number of carbonyl (C=O) groups excluding carboxylic acids is 2. The van der Waals surface area contributed by atoms with Crippen LogP contribution in [0.3, 0.4) is 0 Å². The zero-order chi connectivity index (χ0) is 21.7. The van der Waals surface area contributed by atoms with Gasteiger partial charge in [0.15, 0.2) is 0 Å². The molecule has 10 heteroatoms. The van der Waals surface area contributed by atoms with Gasteiger partial charge >= 0.3 is 0 Å². The Labute approximate surface area is 172 Å². The summed E-state index contributed by atoms with van der Waals surface area (Å²) < 4.78 is 32.5. The van der Waals surface area contributed by atoms with Gasteiger partial charge in [-0.05, 0) is 48.9 Å². The van der Waals surface area contributed by atoms with Crippen LogP contribution in [0.1, 0.15) is 32.0 Å². The van der Waals surface area contributed by atoms with Crippen LogP contribution in [0.25, 0.3) is 0 Å². The summed E-state index contributed by atoms with van der Waals surface area (Å²) in [5, 5.41) is 9.70. The molecule has 0 unspecified atom stereocenters. The van der Waals surface area contributed by atoms with E-state index >= 15 is 0 Å². The van der Waals surface area contributed by atoms with Gasteiger partial charge in [0.2, 0.25) is 10.0 Å². The van der Waals surface area contributed by atoms with Crippen molar-refractivity contribution in [1.82, 2.24) is 15.6 Å². The lowest BCUT2D eigenvalue weighted by Gasteiger charge is -2.12. The summed E-state index contributed by atoms with van der Waals surface area (Å²) in [6, 6.07) is 13.2. The second-order valence-electron chi connectivity index (χ2n) is 6.31.